The number of rotatable bonds is 11. The van der Waals surface area contributed by atoms with Crippen molar-refractivity contribution >= 4 is 23.9 Å². The quantitative estimate of drug-likeness (QED) is 0.201. The zero-order chi connectivity index (χ0) is 27.7. The van der Waals surface area contributed by atoms with Crippen LogP contribution in [-0.4, -0.2) is 85.2 Å². The van der Waals surface area contributed by atoms with Crippen molar-refractivity contribution in [3.63, 3.8) is 0 Å². The molecule has 0 amide bonds. The molecule has 5 N–H and O–H groups in total. The zero-order valence-electron chi connectivity index (χ0n) is 20.3. The Morgan fingerprint density at radius 3 is 2.19 bits per heavy atom. The molecule has 0 radical (unpaired) electrons. The minimum absolute atomic E-state index is 0.110. The SMILES string of the molecule is C=C(CC[C@]12O[C@H](C(=O)O)[C@H](C(=O)O)[C@](C(=O)O)(O1)[C@H](O)[C@H]2O)C(OC(C)=O)C(C)Cc1ccccc1. The van der Waals surface area contributed by atoms with Gasteiger partial charge in [0.05, 0.1) is 0 Å². The van der Waals surface area contributed by atoms with Crippen molar-refractivity contribution < 1.29 is 58.9 Å². The third-order valence-corrected chi connectivity index (χ3v) is 6.87. The predicted octanol–water partition coefficient (Wildman–Crippen LogP) is 0.589. The lowest BCUT2D eigenvalue weighted by atomic mass is 9.79. The summed E-state index contributed by atoms with van der Waals surface area (Å²) in [5.41, 5.74) is -1.67. The van der Waals surface area contributed by atoms with Crippen LogP contribution in [-0.2, 0) is 39.8 Å². The zero-order valence-corrected chi connectivity index (χ0v) is 20.3. The number of aliphatic hydroxyl groups excluding tert-OH is 2. The van der Waals surface area contributed by atoms with Crippen LogP contribution < -0.4 is 0 Å². The van der Waals surface area contributed by atoms with Gasteiger partial charge in [-0.05, 0) is 24.0 Å². The fourth-order valence-corrected chi connectivity index (χ4v) is 5.15. The van der Waals surface area contributed by atoms with Crippen molar-refractivity contribution in [2.24, 2.45) is 11.8 Å². The van der Waals surface area contributed by atoms with Crippen LogP contribution in [0.3, 0.4) is 0 Å². The lowest BCUT2D eigenvalue weighted by molar-refractivity contribution is -0.342. The van der Waals surface area contributed by atoms with Gasteiger partial charge >= 0.3 is 23.9 Å². The van der Waals surface area contributed by atoms with E-state index in [-0.39, 0.29) is 12.3 Å². The molecule has 2 saturated heterocycles. The minimum atomic E-state index is -2.98. The van der Waals surface area contributed by atoms with E-state index >= 15 is 0 Å². The summed E-state index contributed by atoms with van der Waals surface area (Å²) in [6.07, 6.45) is -7.48. The Balaban J connectivity index is 1.88. The van der Waals surface area contributed by atoms with E-state index in [2.05, 4.69) is 6.58 Å². The second-order valence-corrected chi connectivity index (χ2v) is 9.45. The number of fused-ring (bicyclic) bond motifs is 2. The number of hydrogen-bond acceptors (Lipinski definition) is 9. The molecule has 12 heteroatoms. The van der Waals surface area contributed by atoms with Gasteiger partial charge in [0.1, 0.15) is 24.2 Å². The number of carbonyl (C=O) groups is 4. The predicted molar refractivity (Wildman–Crippen MR) is 123 cm³/mol. The number of carbonyl (C=O) groups excluding carboxylic acids is 1. The van der Waals surface area contributed by atoms with Gasteiger partial charge in [0.2, 0.25) is 5.60 Å². The summed E-state index contributed by atoms with van der Waals surface area (Å²) in [6, 6.07) is 9.38. The third kappa shape index (κ3) is 5.10. The van der Waals surface area contributed by atoms with Crippen molar-refractivity contribution in [1.29, 1.82) is 0 Å². The molecule has 2 unspecified atom stereocenters. The first kappa shape index (κ1) is 28.3. The molecule has 202 valence electrons. The lowest BCUT2D eigenvalue weighted by Crippen LogP contribution is -2.65. The van der Waals surface area contributed by atoms with Gasteiger partial charge in [0.25, 0.3) is 0 Å². The van der Waals surface area contributed by atoms with Crippen molar-refractivity contribution in [3.8, 4) is 0 Å². The summed E-state index contributed by atoms with van der Waals surface area (Å²) in [4.78, 5) is 47.7. The Morgan fingerprint density at radius 2 is 1.68 bits per heavy atom. The summed E-state index contributed by atoms with van der Waals surface area (Å²) in [7, 11) is 0. The second kappa shape index (κ2) is 10.6. The van der Waals surface area contributed by atoms with Crippen molar-refractivity contribution in [2.75, 3.05) is 0 Å². The van der Waals surface area contributed by atoms with Crippen LogP contribution in [0.25, 0.3) is 0 Å². The van der Waals surface area contributed by atoms with Gasteiger partial charge in [0, 0.05) is 19.3 Å². The normalized spacial score (nSPS) is 32.2. The number of esters is 1. The van der Waals surface area contributed by atoms with E-state index in [1.165, 1.54) is 6.92 Å². The average molecular weight is 523 g/mol. The number of ether oxygens (including phenoxy) is 3. The fourth-order valence-electron chi connectivity index (χ4n) is 5.15. The molecule has 0 saturated carbocycles. The van der Waals surface area contributed by atoms with E-state index < -0.39 is 72.0 Å². The smallest absolute Gasteiger partial charge is 0.340 e. The molecule has 12 nitrogen and oxygen atoms in total. The maximum atomic E-state index is 12.2. The van der Waals surface area contributed by atoms with Crippen LogP contribution in [0.5, 0.6) is 0 Å². The van der Waals surface area contributed by atoms with Gasteiger partial charge in [-0.2, -0.15) is 0 Å². The van der Waals surface area contributed by atoms with Gasteiger partial charge in [-0.1, -0.05) is 43.8 Å². The largest absolute Gasteiger partial charge is 0.481 e. The van der Waals surface area contributed by atoms with Gasteiger partial charge in [0.15, 0.2) is 11.9 Å². The van der Waals surface area contributed by atoms with E-state index in [1.807, 2.05) is 37.3 Å². The first-order valence-electron chi connectivity index (χ1n) is 11.6. The Morgan fingerprint density at radius 1 is 1.05 bits per heavy atom. The molecule has 0 aliphatic carbocycles. The van der Waals surface area contributed by atoms with Gasteiger partial charge < -0.3 is 39.7 Å². The van der Waals surface area contributed by atoms with E-state index in [4.69, 9.17) is 14.2 Å². The molecule has 37 heavy (non-hydrogen) atoms. The number of carboxylic acid groups (broad SMARTS) is 3. The third-order valence-electron chi connectivity index (χ3n) is 6.87. The first-order valence-corrected chi connectivity index (χ1v) is 11.6. The number of carboxylic acids is 3. The second-order valence-electron chi connectivity index (χ2n) is 9.45. The molecular formula is C25H30O12. The van der Waals surface area contributed by atoms with E-state index in [0.717, 1.165) is 5.56 Å². The van der Waals surface area contributed by atoms with Gasteiger partial charge in [-0.3, -0.25) is 9.59 Å². The summed E-state index contributed by atoms with van der Waals surface area (Å²) in [6.45, 7) is 7.03. The molecule has 2 fully saturated rings. The summed E-state index contributed by atoms with van der Waals surface area (Å²) in [5.74, 6) is -11.2. The fraction of sp³-hybridized carbons (Fsp3) is 0.520. The van der Waals surface area contributed by atoms with Crippen LogP contribution in [0.1, 0.15) is 32.3 Å². The molecule has 3 rings (SSSR count). The Hall–Kier alpha value is -3.32. The van der Waals surface area contributed by atoms with Crippen LogP contribution in [0.4, 0.5) is 0 Å². The Labute approximate surface area is 212 Å². The molecule has 2 aliphatic rings. The molecule has 1 aromatic rings. The van der Waals surface area contributed by atoms with Crippen molar-refractivity contribution in [3.05, 3.63) is 48.0 Å². The highest BCUT2D eigenvalue weighted by Gasteiger charge is 2.77. The number of hydrogen-bond donors (Lipinski definition) is 5. The molecule has 0 spiro atoms. The molecule has 8 atom stereocenters. The standard InChI is InChI=1S/C25H30O12/c1-12(17(35-14(3)26)13(2)11-15-7-5-4-6-8-15)9-10-24-19(27)20(28)25(37-24,23(33)34)16(21(29)30)18(36-24)22(31)32/h4-8,13,16-20,27-28H,1,9-11H2,2-3H3,(H,29,30)(H,31,32)(H,33,34)/t13?,16-,17?,18+,19-,20-,24+,25+/m1/s1. The summed E-state index contributed by atoms with van der Waals surface area (Å²) >= 11 is 0. The molecule has 2 aliphatic heterocycles. The molecule has 2 bridgehead atoms. The van der Waals surface area contributed by atoms with Crippen LogP contribution >= 0.6 is 0 Å². The lowest BCUT2D eigenvalue weighted by Gasteiger charge is -2.44. The molecular weight excluding hydrogens is 492 g/mol. The van der Waals surface area contributed by atoms with Crippen molar-refractivity contribution in [2.45, 2.75) is 68.9 Å². The summed E-state index contributed by atoms with van der Waals surface area (Å²) < 4.78 is 16.3. The maximum absolute atomic E-state index is 12.2. The average Bonchev–Trinajstić information content (AvgIpc) is 3.00. The highest BCUT2D eigenvalue weighted by molar-refractivity contribution is 5.92. The van der Waals surface area contributed by atoms with Gasteiger partial charge in [-0.15, -0.1) is 0 Å². The van der Waals surface area contributed by atoms with Crippen LogP contribution in [0.2, 0.25) is 0 Å². The topological polar surface area (TPSA) is 197 Å². The molecule has 1 aromatic carbocycles. The summed E-state index contributed by atoms with van der Waals surface area (Å²) in [5, 5.41) is 50.4. The van der Waals surface area contributed by atoms with Crippen molar-refractivity contribution in [1.82, 2.24) is 0 Å². The number of aliphatic hydroxyl groups is 2. The number of aliphatic carboxylic acids is 3. The minimum Gasteiger partial charge on any atom is -0.481 e. The Kier molecular flexibility index (Phi) is 8.08. The van der Waals surface area contributed by atoms with E-state index in [1.54, 1.807) is 0 Å². The maximum Gasteiger partial charge on any atom is 0.340 e. The highest BCUT2D eigenvalue weighted by atomic mass is 16.8. The van der Waals surface area contributed by atoms with Crippen LogP contribution in [0.15, 0.2) is 42.5 Å². The van der Waals surface area contributed by atoms with Gasteiger partial charge in [-0.25, -0.2) is 9.59 Å². The van der Waals surface area contributed by atoms with Crippen LogP contribution in [0, 0.1) is 11.8 Å². The molecule has 0 aromatic heterocycles. The Bertz CT molecular complexity index is 1070. The number of benzene rings is 1. The highest BCUT2D eigenvalue weighted by Crippen LogP contribution is 2.53. The van der Waals surface area contributed by atoms with E-state index in [9.17, 15) is 44.7 Å². The molecule has 2 heterocycles. The van der Waals surface area contributed by atoms with E-state index in [0.29, 0.717) is 12.0 Å². The monoisotopic (exact) mass is 522 g/mol. The first-order chi connectivity index (χ1) is 17.3.